The van der Waals surface area contributed by atoms with E-state index in [9.17, 15) is 13.2 Å². The maximum atomic E-state index is 13.7. The molecular formula is C36H37ClF3N5O2. The van der Waals surface area contributed by atoms with Crippen molar-refractivity contribution in [1.29, 1.82) is 0 Å². The van der Waals surface area contributed by atoms with Crippen LogP contribution >= 0.6 is 11.6 Å². The zero-order chi connectivity index (χ0) is 33.3. The van der Waals surface area contributed by atoms with Crippen LogP contribution in [0.2, 0.25) is 5.02 Å². The number of benzene rings is 4. The molecule has 0 aliphatic carbocycles. The van der Waals surface area contributed by atoms with Crippen molar-refractivity contribution < 1.29 is 22.6 Å². The lowest BCUT2D eigenvalue weighted by Gasteiger charge is -2.29. The molecule has 1 atom stereocenters. The topological polar surface area (TPSA) is 76.2 Å². The van der Waals surface area contributed by atoms with E-state index in [-0.39, 0.29) is 17.5 Å². The largest absolute Gasteiger partial charge is 0.494 e. The maximum Gasteiger partial charge on any atom is 0.417 e. The van der Waals surface area contributed by atoms with Crippen LogP contribution in [0.4, 0.5) is 13.2 Å². The van der Waals surface area contributed by atoms with Crippen LogP contribution in [-0.2, 0) is 23.1 Å². The van der Waals surface area contributed by atoms with Crippen LogP contribution < -0.4 is 4.74 Å². The van der Waals surface area contributed by atoms with Gasteiger partial charge in [-0.15, -0.1) is 5.10 Å². The van der Waals surface area contributed by atoms with E-state index in [0.29, 0.717) is 49.9 Å². The Morgan fingerprint density at radius 3 is 2.19 bits per heavy atom. The van der Waals surface area contributed by atoms with Gasteiger partial charge in [-0.05, 0) is 71.1 Å². The Morgan fingerprint density at radius 1 is 0.894 bits per heavy atom. The summed E-state index contributed by atoms with van der Waals surface area (Å²) in [5.74, 6) is 1.12. The van der Waals surface area contributed by atoms with Crippen molar-refractivity contribution in [2.24, 2.45) is 0 Å². The number of alkyl halides is 3. The predicted octanol–water partition coefficient (Wildman–Crippen LogP) is 8.28. The SMILES string of the molecule is CCOC(C)(c1cccc(OCCCN(Cc2cccc(C(F)(F)F)c2Cl)CC(c2ccccc2)c2ccccc2)c1)c1nnn[nH]1. The highest BCUT2D eigenvalue weighted by atomic mass is 35.5. The Morgan fingerprint density at radius 2 is 1.57 bits per heavy atom. The summed E-state index contributed by atoms with van der Waals surface area (Å²) in [6.45, 7) is 5.99. The predicted molar refractivity (Wildman–Crippen MR) is 175 cm³/mol. The van der Waals surface area contributed by atoms with Gasteiger partial charge in [0.05, 0.1) is 17.2 Å². The number of hydrogen-bond donors (Lipinski definition) is 1. The molecule has 5 aromatic rings. The summed E-state index contributed by atoms with van der Waals surface area (Å²) in [5.41, 5.74) is 1.75. The highest BCUT2D eigenvalue weighted by Crippen LogP contribution is 2.37. The van der Waals surface area contributed by atoms with E-state index in [1.807, 2.05) is 74.5 Å². The Labute approximate surface area is 277 Å². The van der Waals surface area contributed by atoms with Crippen LogP contribution in [0, 0.1) is 0 Å². The van der Waals surface area contributed by atoms with Crippen molar-refractivity contribution in [3.63, 3.8) is 0 Å². The van der Waals surface area contributed by atoms with E-state index in [2.05, 4.69) is 49.8 Å². The Kier molecular flexibility index (Phi) is 11.3. The van der Waals surface area contributed by atoms with Crippen LogP contribution in [0.3, 0.4) is 0 Å². The summed E-state index contributed by atoms with van der Waals surface area (Å²) in [6.07, 6.45) is -3.93. The number of tetrazole rings is 1. The molecule has 0 saturated heterocycles. The molecule has 0 radical (unpaired) electrons. The van der Waals surface area contributed by atoms with Gasteiger partial charge in [0.1, 0.15) is 5.75 Å². The number of H-pyrrole nitrogens is 1. The van der Waals surface area contributed by atoms with E-state index < -0.39 is 17.3 Å². The minimum Gasteiger partial charge on any atom is -0.494 e. The number of rotatable bonds is 15. The van der Waals surface area contributed by atoms with E-state index in [4.69, 9.17) is 21.1 Å². The van der Waals surface area contributed by atoms with Gasteiger partial charge in [-0.3, -0.25) is 4.90 Å². The molecule has 0 saturated carbocycles. The molecule has 1 aromatic heterocycles. The number of ether oxygens (including phenoxy) is 2. The molecule has 1 unspecified atom stereocenters. The standard InChI is InChI=1S/C36H37ClF3N5O2/c1-3-47-35(2,34-41-43-44-42-34)29-18-11-19-30(23-29)46-22-12-21-45(24-28-17-10-20-32(33(28)37)36(38,39)40)25-31(26-13-6-4-7-14-26)27-15-8-5-9-16-27/h4-11,13-20,23,31H,3,12,21-22,24-25H2,1-2H3,(H,41,42,43,44). The fourth-order valence-electron chi connectivity index (χ4n) is 5.73. The minimum absolute atomic E-state index is 0.0126. The molecule has 1 N–H and O–H groups in total. The highest BCUT2D eigenvalue weighted by Gasteiger charge is 2.35. The number of nitrogens with zero attached hydrogens (tertiary/aromatic N) is 4. The third-order valence-electron chi connectivity index (χ3n) is 8.13. The number of aromatic amines is 1. The molecule has 0 fully saturated rings. The first-order chi connectivity index (χ1) is 22.7. The summed E-state index contributed by atoms with van der Waals surface area (Å²) in [7, 11) is 0. The lowest BCUT2D eigenvalue weighted by atomic mass is 9.90. The summed E-state index contributed by atoms with van der Waals surface area (Å²) >= 11 is 6.36. The van der Waals surface area contributed by atoms with Gasteiger partial charge in [0.25, 0.3) is 0 Å². The summed E-state index contributed by atoms with van der Waals surface area (Å²) < 4.78 is 53.4. The first-order valence-electron chi connectivity index (χ1n) is 15.5. The van der Waals surface area contributed by atoms with Crippen molar-refractivity contribution in [1.82, 2.24) is 25.5 Å². The van der Waals surface area contributed by atoms with E-state index in [1.165, 1.54) is 6.07 Å². The van der Waals surface area contributed by atoms with Crippen LogP contribution in [0.15, 0.2) is 103 Å². The molecule has 5 rings (SSSR count). The maximum absolute atomic E-state index is 13.7. The third-order valence-corrected chi connectivity index (χ3v) is 8.57. The number of halogens is 4. The second-order valence-electron chi connectivity index (χ2n) is 11.3. The van der Waals surface area contributed by atoms with Gasteiger partial charge in [0.15, 0.2) is 11.4 Å². The molecule has 0 spiro atoms. The normalized spacial score (nSPS) is 13.2. The highest BCUT2D eigenvalue weighted by molar-refractivity contribution is 6.32. The molecule has 7 nitrogen and oxygen atoms in total. The molecule has 47 heavy (non-hydrogen) atoms. The zero-order valence-corrected chi connectivity index (χ0v) is 27.0. The molecular weight excluding hydrogens is 627 g/mol. The smallest absolute Gasteiger partial charge is 0.417 e. The van der Waals surface area contributed by atoms with Crippen molar-refractivity contribution in [3.8, 4) is 5.75 Å². The zero-order valence-electron chi connectivity index (χ0n) is 26.3. The summed E-state index contributed by atoms with van der Waals surface area (Å²) in [5, 5.41) is 14.0. The minimum atomic E-state index is -4.54. The first kappa shape index (κ1) is 34.1. The Hall–Kier alpha value is -4.25. The molecule has 0 bridgehead atoms. The molecule has 0 amide bonds. The van der Waals surface area contributed by atoms with Gasteiger partial charge in [0.2, 0.25) is 0 Å². The van der Waals surface area contributed by atoms with E-state index in [1.54, 1.807) is 6.07 Å². The van der Waals surface area contributed by atoms with Crippen molar-refractivity contribution in [3.05, 3.63) is 142 Å². The van der Waals surface area contributed by atoms with Gasteiger partial charge in [-0.25, -0.2) is 5.10 Å². The van der Waals surface area contributed by atoms with Gasteiger partial charge >= 0.3 is 6.18 Å². The number of nitrogens with one attached hydrogen (secondary N) is 1. The van der Waals surface area contributed by atoms with Gasteiger partial charge in [-0.2, -0.15) is 13.2 Å². The van der Waals surface area contributed by atoms with Gasteiger partial charge < -0.3 is 9.47 Å². The molecule has 11 heteroatoms. The first-order valence-corrected chi connectivity index (χ1v) is 15.8. The van der Waals surface area contributed by atoms with E-state index >= 15 is 0 Å². The summed E-state index contributed by atoms with van der Waals surface area (Å²) in [6, 6.07) is 31.9. The van der Waals surface area contributed by atoms with Crippen molar-refractivity contribution in [2.75, 3.05) is 26.3 Å². The second kappa shape index (κ2) is 15.6. The fraction of sp³-hybridized carbons (Fsp3) is 0.306. The van der Waals surface area contributed by atoms with Crippen LogP contribution in [0.5, 0.6) is 5.75 Å². The van der Waals surface area contributed by atoms with Gasteiger partial charge in [0, 0.05) is 32.2 Å². The van der Waals surface area contributed by atoms with Crippen LogP contribution in [0.1, 0.15) is 59.8 Å². The molecule has 0 aliphatic heterocycles. The van der Waals surface area contributed by atoms with Crippen LogP contribution in [-0.4, -0.2) is 51.8 Å². The molecule has 246 valence electrons. The van der Waals surface area contributed by atoms with Crippen molar-refractivity contribution >= 4 is 11.6 Å². The average molecular weight is 664 g/mol. The lowest BCUT2D eigenvalue weighted by molar-refractivity contribution is -0.137. The lowest BCUT2D eigenvalue weighted by Crippen LogP contribution is -2.31. The quantitative estimate of drug-likeness (QED) is 0.114. The third kappa shape index (κ3) is 8.57. The molecule has 0 aliphatic rings. The average Bonchev–Trinajstić information content (AvgIpc) is 3.63. The van der Waals surface area contributed by atoms with E-state index in [0.717, 1.165) is 22.8 Å². The summed E-state index contributed by atoms with van der Waals surface area (Å²) in [4.78, 5) is 2.15. The van der Waals surface area contributed by atoms with Crippen molar-refractivity contribution in [2.45, 2.75) is 44.5 Å². The number of hydrogen-bond acceptors (Lipinski definition) is 6. The molecule has 1 heterocycles. The fourth-order valence-corrected chi connectivity index (χ4v) is 6.02. The Balaban J connectivity index is 1.35. The Bertz CT molecular complexity index is 1650. The monoisotopic (exact) mass is 663 g/mol. The molecule has 4 aromatic carbocycles. The van der Waals surface area contributed by atoms with Crippen LogP contribution in [0.25, 0.3) is 0 Å². The van der Waals surface area contributed by atoms with Gasteiger partial charge in [-0.1, -0.05) is 96.5 Å². The second-order valence-corrected chi connectivity index (χ2v) is 11.7. The number of aromatic nitrogens is 4.